The first-order valence-corrected chi connectivity index (χ1v) is 8.66. The van der Waals surface area contributed by atoms with Crippen molar-refractivity contribution in [1.82, 2.24) is 14.7 Å². The molecule has 2 aliphatic rings. The van der Waals surface area contributed by atoms with E-state index in [1.807, 2.05) is 22.0 Å². The second kappa shape index (κ2) is 7.79. The molecule has 1 amide bonds. The van der Waals surface area contributed by atoms with Gasteiger partial charge in [0.15, 0.2) is 0 Å². The van der Waals surface area contributed by atoms with Crippen LogP contribution in [0, 0.1) is 5.92 Å². The average Bonchev–Trinajstić information content (AvgIpc) is 3.08. The van der Waals surface area contributed by atoms with Crippen molar-refractivity contribution in [2.24, 2.45) is 11.7 Å². The van der Waals surface area contributed by atoms with Gasteiger partial charge in [-0.3, -0.25) is 9.48 Å². The number of carbonyl (C=O) groups excluding carboxylic acids is 1. The molecule has 5 nitrogen and oxygen atoms in total. The van der Waals surface area contributed by atoms with Gasteiger partial charge in [0.25, 0.3) is 0 Å². The number of nitrogens with two attached hydrogens (primary N) is 1. The zero-order valence-electron chi connectivity index (χ0n) is 12.7. The van der Waals surface area contributed by atoms with Crippen molar-refractivity contribution in [1.29, 1.82) is 0 Å². The molecule has 1 saturated heterocycles. The fourth-order valence-electron chi connectivity index (χ4n) is 3.57. The third kappa shape index (κ3) is 4.03. The molecule has 7 heteroatoms. The number of piperidine rings is 1. The van der Waals surface area contributed by atoms with Crippen molar-refractivity contribution < 1.29 is 4.79 Å². The Kier molecular flexibility index (Phi) is 6.29. The summed E-state index contributed by atoms with van der Waals surface area (Å²) in [4.78, 5) is 14.4. The third-order valence-electron chi connectivity index (χ3n) is 4.92. The Morgan fingerprint density at radius 3 is 2.59 bits per heavy atom. The highest BCUT2D eigenvalue weighted by Crippen LogP contribution is 2.29. The summed E-state index contributed by atoms with van der Waals surface area (Å²) in [5, 5.41) is 4.35. The molecule has 124 valence electrons. The summed E-state index contributed by atoms with van der Waals surface area (Å²) >= 11 is 3.43. The number of likely N-dealkylation sites (tertiary alicyclic amines) is 1. The lowest BCUT2D eigenvalue weighted by atomic mass is 9.98. The summed E-state index contributed by atoms with van der Waals surface area (Å²) in [7, 11) is 0. The number of aromatic nitrogens is 2. The molecule has 2 heterocycles. The molecule has 1 aliphatic heterocycles. The average molecular weight is 392 g/mol. The van der Waals surface area contributed by atoms with Gasteiger partial charge < -0.3 is 10.6 Å². The van der Waals surface area contributed by atoms with Gasteiger partial charge in [-0.25, -0.2) is 0 Å². The van der Waals surface area contributed by atoms with E-state index < -0.39 is 0 Å². The maximum Gasteiger partial charge on any atom is 0.222 e. The third-order valence-corrected chi connectivity index (χ3v) is 5.33. The summed E-state index contributed by atoms with van der Waals surface area (Å²) in [6.45, 7) is 1.67. The van der Waals surface area contributed by atoms with Gasteiger partial charge in [0.1, 0.15) is 0 Å². The van der Waals surface area contributed by atoms with E-state index in [2.05, 4.69) is 21.0 Å². The number of halogens is 2. The molecule has 1 aromatic rings. The molecule has 1 aromatic heterocycles. The van der Waals surface area contributed by atoms with Crippen molar-refractivity contribution >= 4 is 34.2 Å². The maximum atomic E-state index is 12.4. The number of rotatable bonds is 3. The van der Waals surface area contributed by atoms with E-state index in [1.54, 1.807) is 0 Å². The largest absolute Gasteiger partial charge is 0.343 e. The monoisotopic (exact) mass is 390 g/mol. The quantitative estimate of drug-likeness (QED) is 0.861. The molecular formula is C15H24BrClN4O. The molecule has 2 N–H and O–H groups in total. The summed E-state index contributed by atoms with van der Waals surface area (Å²) in [6.07, 6.45) is 9.80. The van der Waals surface area contributed by atoms with E-state index in [-0.39, 0.29) is 24.4 Å². The lowest BCUT2D eigenvalue weighted by Gasteiger charge is -2.33. The second-order valence-corrected chi connectivity index (χ2v) is 7.23. The SMILES string of the molecule is Cl.N[C@@H]1CCC[C@H]1CC(=O)N1CCC(n2cc(Br)cn2)CC1. The molecule has 0 bridgehead atoms. The van der Waals surface area contributed by atoms with Gasteiger partial charge in [-0.2, -0.15) is 5.10 Å². The van der Waals surface area contributed by atoms with Gasteiger partial charge in [-0.1, -0.05) is 6.42 Å². The van der Waals surface area contributed by atoms with Crippen LogP contribution in [0.3, 0.4) is 0 Å². The Morgan fingerprint density at radius 1 is 1.32 bits per heavy atom. The minimum Gasteiger partial charge on any atom is -0.343 e. The Balaban J connectivity index is 0.00000176. The van der Waals surface area contributed by atoms with Crippen LogP contribution in [-0.2, 0) is 4.79 Å². The maximum absolute atomic E-state index is 12.4. The van der Waals surface area contributed by atoms with Gasteiger partial charge in [0, 0.05) is 31.7 Å². The smallest absolute Gasteiger partial charge is 0.222 e. The minimum atomic E-state index is 0. The van der Waals surface area contributed by atoms with Crippen LogP contribution in [0.5, 0.6) is 0 Å². The molecule has 0 aromatic carbocycles. The summed E-state index contributed by atoms with van der Waals surface area (Å²) in [6, 6.07) is 0.641. The van der Waals surface area contributed by atoms with E-state index in [0.717, 1.165) is 43.2 Å². The zero-order chi connectivity index (χ0) is 14.8. The highest BCUT2D eigenvalue weighted by atomic mass is 79.9. The number of hydrogen-bond donors (Lipinski definition) is 1. The number of hydrogen-bond acceptors (Lipinski definition) is 3. The molecular weight excluding hydrogens is 368 g/mol. The first-order chi connectivity index (χ1) is 10.1. The standard InChI is InChI=1S/C15H23BrN4O.ClH/c16-12-9-18-20(10-12)13-4-6-19(7-5-13)15(21)8-11-2-1-3-14(11)17;/h9-11,13-14H,1-8,17H2;1H/t11-,14+;/m0./s1. The van der Waals surface area contributed by atoms with Gasteiger partial charge in [0.2, 0.25) is 5.91 Å². The van der Waals surface area contributed by atoms with Crippen molar-refractivity contribution in [3.63, 3.8) is 0 Å². The summed E-state index contributed by atoms with van der Waals surface area (Å²) < 4.78 is 3.02. The summed E-state index contributed by atoms with van der Waals surface area (Å²) in [5.74, 6) is 0.690. The van der Waals surface area contributed by atoms with Crippen molar-refractivity contribution in [2.45, 2.75) is 50.6 Å². The van der Waals surface area contributed by atoms with E-state index in [9.17, 15) is 4.79 Å². The van der Waals surface area contributed by atoms with Gasteiger partial charge >= 0.3 is 0 Å². The fourth-order valence-corrected chi connectivity index (χ4v) is 3.87. The molecule has 0 unspecified atom stereocenters. The van der Waals surface area contributed by atoms with Crippen LogP contribution in [0.1, 0.15) is 44.6 Å². The molecule has 2 fully saturated rings. The van der Waals surface area contributed by atoms with E-state index in [0.29, 0.717) is 18.4 Å². The van der Waals surface area contributed by atoms with Crippen LogP contribution in [0.2, 0.25) is 0 Å². The van der Waals surface area contributed by atoms with E-state index in [4.69, 9.17) is 5.73 Å². The highest BCUT2D eigenvalue weighted by Gasteiger charge is 2.30. The Morgan fingerprint density at radius 2 is 2.05 bits per heavy atom. The Labute approximate surface area is 146 Å². The van der Waals surface area contributed by atoms with E-state index >= 15 is 0 Å². The predicted octanol–water partition coefficient (Wildman–Crippen LogP) is 2.75. The lowest BCUT2D eigenvalue weighted by molar-refractivity contribution is -0.133. The zero-order valence-corrected chi connectivity index (χ0v) is 15.1. The minimum absolute atomic E-state index is 0. The van der Waals surface area contributed by atoms with Crippen molar-refractivity contribution in [2.75, 3.05) is 13.1 Å². The first-order valence-electron chi connectivity index (χ1n) is 7.86. The second-order valence-electron chi connectivity index (χ2n) is 6.31. The van der Waals surface area contributed by atoms with Crippen LogP contribution in [0.15, 0.2) is 16.9 Å². The molecule has 1 saturated carbocycles. The van der Waals surface area contributed by atoms with Crippen LogP contribution >= 0.6 is 28.3 Å². The normalized spacial score (nSPS) is 26.0. The van der Waals surface area contributed by atoms with Gasteiger partial charge in [-0.05, 0) is 47.5 Å². The summed E-state index contributed by atoms with van der Waals surface area (Å²) in [5.41, 5.74) is 6.07. The topological polar surface area (TPSA) is 64.2 Å². The molecule has 2 atom stereocenters. The van der Waals surface area contributed by atoms with Crippen LogP contribution < -0.4 is 5.73 Å². The Bertz CT molecular complexity index is 501. The molecule has 1 aliphatic carbocycles. The highest BCUT2D eigenvalue weighted by molar-refractivity contribution is 9.10. The molecule has 22 heavy (non-hydrogen) atoms. The molecule has 0 spiro atoms. The van der Waals surface area contributed by atoms with E-state index in [1.165, 1.54) is 6.42 Å². The van der Waals surface area contributed by atoms with Crippen molar-refractivity contribution in [3.8, 4) is 0 Å². The number of amides is 1. The van der Waals surface area contributed by atoms with Gasteiger partial charge in [0.05, 0.1) is 16.7 Å². The predicted molar refractivity (Wildman–Crippen MR) is 92.0 cm³/mol. The fraction of sp³-hybridized carbons (Fsp3) is 0.733. The van der Waals surface area contributed by atoms with Crippen LogP contribution in [-0.4, -0.2) is 39.7 Å². The number of carbonyl (C=O) groups is 1. The number of nitrogens with zero attached hydrogens (tertiary/aromatic N) is 3. The van der Waals surface area contributed by atoms with Crippen LogP contribution in [0.25, 0.3) is 0 Å². The molecule has 0 radical (unpaired) electrons. The first kappa shape index (κ1) is 17.8. The lowest BCUT2D eigenvalue weighted by Crippen LogP contribution is -2.41. The molecule has 3 rings (SSSR count). The Hall–Kier alpha value is -0.590. The van der Waals surface area contributed by atoms with Crippen molar-refractivity contribution in [3.05, 3.63) is 16.9 Å². The van der Waals surface area contributed by atoms with Gasteiger partial charge in [-0.15, -0.1) is 12.4 Å². The van der Waals surface area contributed by atoms with Crippen LogP contribution in [0.4, 0.5) is 0 Å².